The van der Waals surface area contributed by atoms with Crippen LogP contribution >= 0.6 is 11.6 Å². The molecule has 0 bridgehead atoms. The molecule has 0 aliphatic carbocycles. The van der Waals surface area contributed by atoms with E-state index in [1.165, 1.54) is 11.1 Å². The van der Waals surface area contributed by atoms with Crippen molar-refractivity contribution >= 4 is 11.6 Å². The topological polar surface area (TPSA) is 21.3 Å². The van der Waals surface area contributed by atoms with E-state index in [4.69, 9.17) is 16.3 Å². The van der Waals surface area contributed by atoms with Crippen molar-refractivity contribution in [2.45, 2.75) is 32.7 Å². The zero-order valence-corrected chi connectivity index (χ0v) is 10.6. The number of halogens is 1. The van der Waals surface area contributed by atoms with Crippen molar-refractivity contribution in [2.75, 3.05) is 13.2 Å². The molecule has 1 atom stereocenters. The molecule has 1 N–H and O–H groups in total. The molecule has 0 aromatic heterocycles. The van der Waals surface area contributed by atoms with Crippen LogP contribution in [0.5, 0.6) is 5.75 Å². The van der Waals surface area contributed by atoms with Crippen LogP contribution in [-0.2, 0) is 0 Å². The van der Waals surface area contributed by atoms with Crippen molar-refractivity contribution < 1.29 is 4.74 Å². The zero-order chi connectivity index (χ0) is 11.5. The van der Waals surface area contributed by atoms with Crippen LogP contribution < -0.4 is 10.1 Å². The van der Waals surface area contributed by atoms with Gasteiger partial charge in [0.05, 0.1) is 11.6 Å². The van der Waals surface area contributed by atoms with Crippen LogP contribution in [0.2, 0.25) is 5.02 Å². The van der Waals surface area contributed by atoms with Crippen LogP contribution in [0.4, 0.5) is 0 Å². The molecule has 2 nitrogen and oxygen atoms in total. The first-order valence-electron chi connectivity index (χ1n) is 5.88. The van der Waals surface area contributed by atoms with Gasteiger partial charge in [-0.1, -0.05) is 24.6 Å². The second-order valence-electron chi connectivity index (χ2n) is 4.31. The maximum atomic E-state index is 6.19. The van der Waals surface area contributed by atoms with Gasteiger partial charge in [-0.15, -0.1) is 0 Å². The third-order valence-corrected chi connectivity index (χ3v) is 3.17. The summed E-state index contributed by atoms with van der Waals surface area (Å²) in [5.41, 5.74) is 2.40. The number of hydrogen-bond acceptors (Lipinski definition) is 2. The van der Waals surface area contributed by atoms with E-state index in [-0.39, 0.29) is 0 Å². The molecule has 0 fully saturated rings. The number of benzene rings is 1. The van der Waals surface area contributed by atoms with Crippen LogP contribution in [0, 0.1) is 6.92 Å². The lowest BCUT2D eigenvalue weighted by Gasteiger charge is -2.28. The van der Waals surface area contributed by atoms with Gasteiger partial charge in [0.25, 0.3) is 0 Å². The van der Waals surface area contributed by atoms with Gasteiger partial charge < -0.3 is 10.1 Å². The third-order valence-electron chi connectivity index (χ3n) is 2.89. The zero-order valence-electron chi connectivity index (χ0n) is 9.85. The van der Waals surface area contributed by atoms with E-state index in [1.54, 1.807) is 0 Å². The molecule has 16 heavy (non-hydrogen) atoms. The maximum absolute atomic E-state index is 6.19. The Bertz CT molecular complexity index is 378. The first-order chi connectivity index (χ1) is 7.72. The Morgan fingerprint density at radius 2 is 2.31 bits per heavy atom. The summed E-state index contributed by atoms with van der Waals surface area (Å²) in [5.74, 6) is 0.868. The average molecular weight is 240 g/mol. The Hall–Kier alpha value is -0.730. The number of hydrogen-bond donors (Lipinski definition) is 1. The van der Waals surface area contributed by atoms with Crippen LogP contribution in [0.3, 0.4) is 0 Å². The van der Waals surface area contributed by atoms with Gasteiger partial charge in [0.15, 0.2) is 0 Å². The molecular formula is C13H18ClNO. The standard InChI is InChI=1S/C13H18ClNO/c1-3-5-15-12-4-6-16-13-10(12)7-9(2)8-11(13)14/h7-8,12,15H,3-6H2,1-2H3. The highest BCUT2D eigenvalue weighted by molar-refractivity contribution is 6.32. The highest BCUT2D eigenvalue weighted by Gasteiger charge is 2.23. The summed E-state index contributed by atoms with van der Waals surface area (Å²) in [6, 6.07) is 4.53. The molecule has 3 heteroatoms. The summed E-state index contributed by atoms with van der Waals surface area (Å²) in [7, 11) is 0. The number of fused-ring (bicyclic) bond motifs is 1. The van der Waals surface area contributed by atoms with E-state index in [0.29, 0.717) is 6.04 Å². The van der Waals surface area contributed by atoms with Crippen molar-refractivity contribution in [3.05, 3.63) is 28.3 Å². The average Bonchev–Trinajstić information content (AvgIpc) is 2.26. The lowest BCUT2D eigenvalue weighted by molar-refractivity contribution is 0.253. The predicted octanol–water partition coefficient (Wildman–Crippen LogP) is 3.47. The summed E-state index contributed by atoms with van der Waals surface area (Å²) in [6.07, 6.45) is 2.17. The lowest BCUT2D eigenvalue weighted by Crippen LogP contribution is -2.27. The minimum atomic E-state index is 0.390. The van der Waals surface area contributed by atoms with E-state index < -0.39 is 0 Å². The van der Waals surface area contributed by atoms with E-state index in [9.17, 15) is 0 Å². The van der Waals surface area contributed by atoms with Gasteiger partial charge in [0.2, 0.25) is 0 Å². The van der Waals surface area contributed by atoms with Gasteiger partial charge in [-0.25, -0.2) is 0 Å². The molecule has 1 heterocycles. The molecule has 88 valence electrons. The van der Waals surface area contributed by atoms with Crippen molar-refractivity contribution in [2.24, 2.45) is 0 Å². The lowest BCUT2D eigenvalue weighted by atomic mass is 9.98. The second-order valence-corrected chi connectivity index (χ2v) is 4.72. The Morgan fingerprint density at radius 1 is 1.50 bits per heavy atom. The number of ether oxygens (including phenoxy) is 1. The molecule has 1 unspecified atom stereocenters. The van der Waals surface area contributed by atoms with Gasteiger partial charge in [-0.05, 0) is 31.5 Å². The molecule has 0 amide bonds. The monoisotopic (exact) mass is 239 g/mol. The first-order valence-corrected chi connectivity index (χ1v) is 6.26. The largest absolute Gasteiger partial charge is 0.492 e. The van der Waals surface area contributed by atoms with Crippen molar-refractivity contribution in [3.63, 3.8) is 0 Å². The molecule has 1 aliphatic heterocycles. The van der Waals surface area contributed by atoms with Crippen LogP contribution in [0.1, 0.15) is 36.9 Å². The molecule has 0 saturated heterocycles. The SMILES string of the molecule is CCCNC1CCOc2c(Cl)cc(C)cc21. The maximum Gasteiger partial charge on any atom is 0.142 e. The number of rotatable bonds is 3. The molecular weight excluding hydrogens is 222 g/mol. The molecule has 0 spiro atoms. The molecule has 0 saturated carbocycles. The van der Waals surface area contributed by atoms with Gasteiger partial charge >= 0.3 is 0 Å². The quantitative estimate of drug-likeness (QED) is 0.872. The molecule has 1 aromatic rings. The highest BCUT2D eigenvalue weighted by atomic mass is 35.5. The van der Waals surface area contributed by atoms with Gasteiger partial charge in [-0.2, -0.15) is 0 Å². The molecule has 0 radical (unpaired) electrons. The summed E-state index contributed by atoms with van der Waals surface area (Å²) in [6.45, 7) is 6.03. The van der Waals surface area contributed by atoms with Gasteiger partial charge in [0, 0.05) is 18.0 Å². The number of aryl methyl sites for hydroxylation is 1. The van der Waals surface area contributed by atoms with Gasteiger partial charge in [0.1, 0.15) is 5.75 Å². The Labute approximate surface area is 102 Å². The summed E-state index contributed by atoms with van der Waals surface area (Å²) >= 11 is 6.19. The van der Waals surface area contributed by atoms with Crippen LogP contribution in [-0.4, -0.2) is 13.2 Å². The minimum absolute atomic E-state index is 0.390. The fourth-order valence-corrected chi connectivity index (χ4v) is 2.47. The summed E-state index contributed by atoms with van der Waals surface area (Å²) in [4.78, 5) is 0. The van der Waals surface area contributed by atoms with Crippen molar-refractivity contribution in [1.82, 2.24) is 5.32 Å². The van der Waals surface area contributed by atoms with E-state index in [1.807, 2.05) is 6.07 Å². The molecule has 1 aromatic carbocycles. The Balaban J connectivity index is 2.30. The Morgan fingerprint density at radius 3 is 3.06 bits per heavy atom. The molecule has 2 rings (SSSR count). The number of nitrogens with one attached hydrogen (secondary N) is 1. The smallest absolute Gasteiger partial charge is 0.142 e. The Kier molecular flexibility index (Phi) is 3.72. The van der Waals surface area contributed by atoms with E-state index in [2.05, 4.69) is 25.2 Å². The third kappa shape index (κ3) is 2.33. The van der Waals surface area contributed by atoms with Gasteiger partial charge in [-0.3, -0.25) is 0 Å². The van der Waals surface area contributed by atoms with E-state index in [0.717, 1.165) is 36.8 Å². The highest BCUT2D eigenvalue weighted by Crippen LogP contribution is 2.38. The summed E-state index contributed by atoms with van der Waals surface area (Å²) < 4.78 is 5.65. The minimum Gasteiger partial charge on any atom is -0.492 e. The van der Waals surface area contributed by atoms with Crippen molar-refractivity contribution in [1.29, 1.82) is 0 Å². The molecule has 1 aliphatic rings. The normalized spacial score (nSPS) is 19.1. The summed E-state index contributed by atoms with van der Waals surface area (Å²) in [5, 5.41) is 4.28. The van der Waals surface area contributed by atoms with Crippen LogP contribution in [0.25, 0.3) is 0 Å². The fraction of sp³-hybridized carbons (Fsp3) is 0.538. The van der Waals surface area contributed by atoms with Crippen LogP contribution in [0.15, 0.2) is 12.1 Å². The predicted molar refractivity (Wildman–Crippen MR) is 67.3 cm³/mol. The first kappa shape index (κ1) is 11.7. The second kappa shape index (κ2) is 5.07. The fourth-order valence-electron chi connectivity index (χ4n) is 2.13. The van der Waals surface area contributed by atoms with E-state index >= 15 is 0 Å². The van der Waals surface area contributed by atoms with Crippen molar-refractivity contribution in [3.8, 4) is 5.75 Å².